The Morgan fingerprint density at radius 3 is 2.11 bits per heavy atom. The van der Waals surface area contributed by atoms with Crippen molar-refractivity contribution >= 4 is 34.7 Å². The Hall–Kier alpha value is 1.06. The van der Waals surface area contributed by atoms with Gasteiger partial charge in [-0.2, -0.15) is 0 Å². The van der Waals surface area contributed by atoms with Gasteiger partial charge in [-0.05, 0) is 12.3 Å². The van der Waals surface area contributed by atoms with Gasteiger partial charge in [0.2, 0.25) is 0 Å². The van der Waals surface area contributed by atoms with Crippen molar-refractivity contribution in [3.63, 3.8) is 0 Å². The molecule has 0 aliphatic heterocycles. The predicted octanol–water partition coefficient (Wildman–Crippen LogP) is 2.14. The van der Waals surface area contributed by atoms with Gasteiger partial charge in [0.05, 0.1) is 0 Å². The molecule has 0 nitrogen and oxygen atoms in total. The van der Waals surface area contributed by atoms with Crippen LogP contribution in [0.5, 0.6) is 0 Å². The Balaban J connectivity index is 0. The monoisotopic (exact) mass is 160 g/mol. The van der Waals surface area contributed by atoms with Gasteiger partial charge in [-0.15, -0.1) is 11.6 Å². The first-order valence-corrected chi connectivity index (χ1v) is 3.86. The molecule has 0 aromatic heterocycles. The molecule has 54 valence electrons. The summed E-state index contributed by atoms with van der Waals surface area (Å²) < 4.78 is 0. The molecule has 0 aliphatic carbocycles. The molecule has 0 rings (SSSR count). The van der Waals surface area contributed by atoms with Crippen LogP contribution in [0.1, 0.15) is 33.1 Å². The van der Waals surface area contributed by atoms with Crippen LogP contribution in [0.15, 0.2) is 0 Å². The molecule has 0 atom stereocenters. The van der Waals surface area contributed by atoms with Gasteiger partial charge in [-0.3, -0.25) is 0 Å². The Morgan fingerprint density at radius 2 is 1.78 bits per heavy atom. The zero-order chi connectivity index (χ0) is 6.41. The second-order valence-electron chi connectivity index (χ2n) is 2.58. The topological polar surface area (TPSA) is 0 Å². The summed E-state index contributed by atoms with van der Waals surface area (Å²) in [6.45, 7) is 4.49. The highest BCUT2D eigenvalue weighted by Gasteiger charge is 1.91. The number of halogens is 1. The fraction of sp³-hybridized carbons (Fsp3) is 1.00. The highest BCUT2D eigenvalue weighted by Crippen LogP contribution is 2.05. The minimum Gasteiger partial charge on any atom is -0.127 e. The predicted molar refractivity (Wildman–Crippen MR) is 48.0 cm³/mol. The van der Waals surface area contributed by atoms with Gasteiger partial charge in [-0.1, -0.05) is 26.7 Å². The van der Waals surface area contributed by atoms with Crippen LogP contribution in [0.3, 0.4) is 0 Å². The van der Waals surface area contributed by atoms with Gasteiger partial charge in [-0.25, -0.2) is 0 Å². The molecule has 0 aromatic carbocycles. The van der Waals surface area contributed by atoms with Crippen molar-refractivity contribution in [1.29, 1.82) is 0 Å². The number of unbranched alkanes of at least 4 members (excludes halogenated alkanes) is 1. The van der Waals surface area contributed by atoms with Gasteiger partial charge < -0.3 is 0 Å². The van der Waals surface area contributed by atoms with Crippen molar-refractivity contribution in [2.75, 3.05) is 5.88 Å². The fourth-order valence-electron chi connectivity index (χ4n) is 0.647. The SMILES string of the molecule is CC(C)CCCCCl.[MgH2]. The average molecular weight is 161 g/mol. The van der Waals surface area contributed by atoms with Crippen LogP contribution < -0.4 is 0 Å². The Morgan fingerprint density at radius 1 is 1.22 bits per heavy atom. The van der Waals surface area contributed by atoms with E-state index in [0.29, 0.717) is 0 Å². The van der Waals surface area contributed by atoms with E-state index in [1.165, 1.54) is 19.3 Å². The van der Waals surface area contributed by atoms with Gasteiger partial charge in [0.15, 0.2) is 0 Å². The Kier molecular flexibility index (Phi) is 12.8. The summed E-state index contributed by atoms with van der Waals surface area (Å²) in [4.78, 5) is 0. The summed E-state index contributed by atoms with van der Waals surface area (Å²) in [6, 6.07) is 0. The van der Waals surface area contributed by atoms with Gasteiger partial charge in [0.1, 0.15) is 0 Å². The van der Waals surface area contributed by atoms with Crippen molar-refractivity contribution in [2.24, 2.45) is 5.92 Å². The lowest BCUT2D eigenvalue weighted by molar-refractivity contribution is 0.551. The number of alkyl halides is 1. The molecule has 0 saturated heterocycles. The third-order valence-electron chi connectivity index (χ3n) is 1.17. The minimum absolute atomic E-state index is 0. The maximum atomic E-state index is 5.48. The fourth-order valence-corrected chi connectivity index (χ4v) is 0.836. The zero-order valence-electron chi connectivity index (χ0n) is 5.78. The molecule has 0 bridgehead atoms. The summed E-state index contributed by atoms with van der Waals surface area (Å²) in [5.41, 5.74) is 0. The van der Waals surface area contributed by atoms with Crippen molar-refractivity contribution < 1.29 is 0 Å². The first-order chi connectivity index (χ1) is 3.77. The van der Waals surface area contributed by atoms with E-state index in [-0.39, 0.29) is 23.1 Å². The van der Waals surface area contributed by atoms with Crippen LogP contribution in [-0.2, 0) is 0 Å². The van der Waals surface area contributed by atoms with E-state index in [1.807, 2.05) is 0 Å². The second kappa shape index (κ2) is 9.06. The largest absolute Gasteiger partial charge is 0.316 e. The molecular formula is C7H17ClMg. The normalized spacial score (nSPS) is 9.33. The van der Waals surface area contributed by atoms with Crippen LogP contribution in [0, 0.1) is 5.92 Å². The molecule has 9 heavy (non-hydrogen) atoms. The third kappa shape index (κ3) is 12.3. The summed E-state index contributed by atoms with van der Waals surface area (Å²) in [7, 11) is 0. The summed E-state index contributed by atoms with van der Waals surface area (Å²) >= 11 is 5.48. The van der Waals surface area contributed by atoms with E-state index in [0.717, 1.165) is 11.8 Å². The van der Waals surface area contributed by atoms with Crippen molar-refractivity contribution in [3.8, 4) is 0 Å². The van der Waals surface area contributed by atoms with Crippen LogP contribution in [-0.4, -0.2) is 28.9 Å². The molecule has 0 heterocycles. The van der Waals surface area contributed by atoms with Crippen LogP contribution >= 0.6 is 11.6 Å². The molecule has 0 amide bonds. The average Bonchev–Trinajstić information content (AvgIpc) is 1.66. The lowest BCUT2D eigenvalue weighted by Crippen LogP contribution is -1.86. The first kappa shape index (κ1) is 12.7. The van der Waals surface area contributed by atoms with E-state index in [1.54, 1.807) is 0 Å². The Labute approximate surface area is 79.5 Å². The highest BCUT2D eigenvalue weighted by molar-refractivity contribution is 6.17. The molecule has 0 fully saturated rings. The molecule has 0 aromatic rings. The lowest BCUT2D eigenvalue weighted by atomic mass is 10.1. The standard InChI is InChI=1S/C7H15Cl.Mg.2H/c1-7(2)5-3-4-6-8;;;/h7H,3-6H2,1-2H3;;;. The minimum atomic E-state index is 0. The maximum Gasteiger partial charge on any atom is 0.316 e. The van der Waals surface area contributed by atoms with Crippen molar-refractivity contribution in [1.82, 2.24) is 0 Å². The number of rotatable bonds is 4. The van der Waals surface area contributed by atoms with Crippen LogP contribution in [0.4, 0.5) is 0 Å². The molecule has 0 N–H and O–H groups in total. The maximum absolute atomic E-state index is 5.48. The molecule has 0 spiro atoms. The smallest absolute Gasteiger partial charge is 0.127 e. The second-order valence-corrected chi connectivity index (χ2v) is 2.96. The van der Waals surface area contributed by atoms with Crippen LogP contribution in [0.2, 0.25) is 0 Å². The molecular weight excluding hydrogens is 144 g/mol. The van der Waals surface area contributed by atoms with E-state index in [4.69, 9.17) is 11.6 Å². The Bertz CT molecular complexity index is 46.2. The molecule has 0 saturated carbocycles. The summed E-state index contributed by atoms with van der Waals surface area (Å²) in [6.07, 6.45) is 3.80. The van der Waals surface area contributed by atoms with Crippen LogP contribution in [0.25, 0.3) is 0 Å². The van der Waals surface area contributed by atoms with E-state index in [2.05, 4.69) is 13.8 Å². The lowest BCUT2D eigenvalue weighted by Gasteiger charge is -2.00. The van der Waals surface area contributed by atoms with Gasteiger partial charge in [0, 0.05) is 5.88 Å². The highest BCUT2D eigenvalue weighted by atomic mass is 35.5. The van der Waals surface area contributed by atoms with Crippen molar-refractivity contribution in [3.05, 3.63) is 0 Å². The van der Waals surface area contributed by atoms with E-state index < -0.39 is 0 Å². The molecule has 0 unspecified atom stereocenters. The number of hydrogen-bond acceptors (Lipinski definition) is 0. The van der Waals surface area contributed by atoms with Gasteiger partial charge >= 0.3 is 23.1 Å². The first-order valence-electron chi connectivity index (χ1n) is 3.33. The zero-order valence-corrected chi connectivity index (χ0v) is 6.54. The molecule has 0 radical (unpaired) electrons. The summed E-state index contributed by atoms with van der Waals surface area (Å²) in [5, 5.41) is 0. The van der Waals surface area contributed by atoms with E-state index in [9.17, 15) is 0 Å². The summed E-state index contributed by atoms with van der Waals surface area (Å²) in [5.74, 6) is 1.67. The van der Waals surface area contributed by atoms with Gasteiger partial charge in [0.25, 0.3) is 0 Å². The molecule has 0 aliphatic rings. The van der Waals surface area contributed by atoms with Crippen molar-refractivity contribution in [2.45, 2.75) is 33.1 Å². The van der Waals surface area contributed by atoms with E-state index >= 15 is 0 Å². The third-order valence-corrected chi connectivity index (χ3v) is 1.43. The molecule has 2 heteroatoms. The number of hydrogen-bond donors (Lipinski definition) is 0. The quantitative estimate of drug-likeness (QED) is 0.336.